The Morgan fingerprint density at radius 2 is 1.96 bits per heavy atom. The Hall–Kier alpha value is -2.91. The second-order valence-electron chi connectivity index (χ2n) is 5.67. The summed E-state index contributed by atoms with van der Waals surface area (Å²) in [6.45, 7) is 0. The number of aliphatic imine (C=N–C) groups is 1. The highest BCUT2D eigenvalue weighted by Gasteiger charge is 2.18. The summed E-state index contributed by atoms with van der Waals surface area (Å²) >= 11 is 3.08. The molecule has 3 aromatic rings. The maximum Gasteiger partial charge on any atom is 0.182 e. The quantitative estimate of drug-likeness (QED) is 0.312. The van der Waals surface area contributed by atoms with Gasteiger partial charge in [-0.25, -0.2) is 14.0 Å². The first-order chi connectivity index (χ1) is 13.1. The molecule has 3 N–H and O–H groups in total. The van der Waals surface area contributed by atoms with E-state index in [1.54, 1.807) is 0 Å². The number of hydroxylamine groups is 1. The first-order valence-corrected chi connectivity index (χ1v) is 8.72. The second kappa shape index (κ2) is 8.65. The van der Waals surface area contributed by atoms with E-state index in [4.69, 9.17) is 10.0 Å². The van der Waals surface area contributed by atoms with Gasteiger partial charge in [0.2, 0.25) is 0 Å². The molecule has 27 heavy (non-hydrogen) atoms. The third-order valence-corrected chi connectivity index (χ3v) is 4.28. The fraction of sp³-hybridized carbons (Fsp3) is 0.111. The minimum absolute atomic E-state index is 0.0164. The molecule has 1 heterocycles. The summed E-state index contributed by atoms with van der Waals surface area (Å²) in [6, 6.07) is 13.8. The smallest absolute Gasteiger partial charge is 0.182 e. The lowest BCUT2D eigenvalue weighted by molar-refractivity contribution is 0.234. The fourth-order valence-electron chi connectivity index (χ4n) is 2.42. The summed E-state index contributed by atoms with van der Waals surface area (Å²) in [4.78, 5) is 4.20. The third kappa shape index (κ3) is 4.83. The van der Waals surface area contributed by atoms with Crippen LogP contribution in [0.2, 0.25) is 0 Å². The molecule has 2 aromatic carbocycles. The standard InChI is InChI=1S/C18H15BrFN5O2/c19-14-10-13(6-7-15(14)20)22-18(23-26)17-16(24-27-25-17)9-12(21)8-11-4-2-1-3-5-11/h1-7,10,21,26H,8-9H2,(H,22,23). The molecule has 9 heteroatoms. The third-order valence-electron chi connectivity index (χ3n) is 3.67. The molecule has 0 aliphatic heterocycles. The highest BCUT2D eigenvalue weighted by molar-refractivity contribution is 9.10. The normalized spacial score (nSPS) is 11.4. The van der Waals surface area contributed by atoms with Gasteiger partial charge in [-0.1, -0.05) is 35.5 Å². The molecule has 138 valence electrons. The lowest BCUT2D eigenvalue weighted by Gasteiger charge is -2.05. The van der Waals surface area contributed by atoms with Crippen molar-refractivity contribution in [3.63, 3.8) is 0 Å². The number of aromatic nitrogens is 2. The van der Waals surface area contributed by atoms with Gasteiger partial charge in [0.15, 0.2) is 11.5 Å². The van der Waals surface area contributed by atoms with Gasteiger partial charge in [0.25, 0.3) is 0 Å². The Kier molecular flexibility index (Phi) is 6.05. The molecule has 0 spiro atoms. The first kappa shape index (κ1) is 18.9. The molecule has 0 amide bonds. The van der Waals surface area contributed by atoms with Crippen molar-refractivity contribution in [1.29, 1.82) is 5.41 Å². The number of nitrogens with one attached hydrogen (secondary N) is 2. The van der Waals surface area contributed by atoms with Crippen molar-refractivity contribution in [2.45, 2.75) is 12.8 Å². The molecule has 0 fully saturated rings. The molecule has 0 unspecified atom stereocenters. The van der Waals surface area contributed by atoms with Crippen LogP contribution in [-0.4, -0.2) is 27.1 Å². The van der Waals surface area contributed by atoms with Crippen LogP contribution in [0.3, 0.4) is 0 Å². The predicted molar refractivity (Wildman–Crippen MR) is 101 cm³/mol. The van der Waals surface area contributed by atoms with E-state index in [0.29, 0.717) is 23.5 Å². The Bertz CT molecular complexity index is 975. The van der Waals surface area contributed by atoms with Crippen LogP contribution in [0.1, 0.15) is 17.0 Å². The van der Waals surface area contributed by atoms with E-state index in [-0.39, 0.29) is 22.4 Å². The zero-order chi connectivity index (χ0) is 19.2. The number of hydrogen-bond donors (Lipinski definition) is 3. The molecule has 0 radical (unpaired) electrons. The molecule has 0 saturated heterocycles. The van der Waals surface area contributed by atoms with E-state index >= 15 is 0 Å². The summed E-state index contributed by atoms with van der Waals surface area (Å²) in [5, 5.41) is 25.2. The van der Waals surface area contributed by atoms with E-state index in [2.05, 4.69) is 31.2 Å². The number of amidine groups is 1. The van der Waals surface area contributed by atoms with Gasteiger partial charge in [0.05, 0.1) is 10.2 Å². The number of nitrogens with zero attached hydrogens (tertiary/aromatic N) is 3. The number of halogens is 2. The Labute approximate surface area is 162 Å². The summed E-state index contributed by atoms with van der Waals surface area (Å²) in [6.07, 6.45) is 0.638. The van der Waals surface area contributed by atoms with Gasteiger partial charge in [-0.2, -0.15) is 0 Å². The van der Waals surface area contributed by atoms with Crippen LogP contribution in [0.5, 0.6) is 0 Å². The molecule has 3 rings (SSSR count). The SMILES string of the molecule is N=C(Cc1ccccc1)Cc1nonc1C(=Nc1ccc(F)c(Br)c1)NO. The molecule has 7 nitrogen and oxygen atoms in total. The first-order valence-electron chi connectivity index (χ1n) is 7.92. The van der Waals surface area contributed by atoms with Crippen LogP contribution in [0.4, 0.5) is 10.1 Å². The fourth-order valence-corrected chi connectivity index (χ4v) is 2.79. The highest BCUT2D eigenvalue weighted by Crippen LogP contribution is 2.23. The van der Waals surface area contributed by atoms with Crippen LogP contribution in [0.25, 0.3) is 0 Å². The topological polar surface area (TPSA) is 107 Å². The van der Waals surface area contributed by atoms with Crippen LogP contribution < -0.4 is 5.48 Å². The number of rotatable bonds is 6. The van der Waals surface area contributed by atoms with Crippen molar-refractivity contribution in [2.75, 3.05) is 0 Å². The zero-order valence-corrected chi connectivity index (χ0v) is 15.6. The van der Waals surface area contributed by atoms with Gasteiger partial charge in [0.1, 0.15) is 11.5 Å². The number of hydrogen-bond acceptors (Lipinski definition) is 6. The Balaban J connectivity index is 1.80. The summed E-state index contributed by atoms with van der Waals surface area (Å²) < 4.78 is 18.4. The van der Waals surface area contributed by atoms with E-state index in [0.717, 1.165) is 5.56 Å². The molecule has 0 aliphatic rings. The summed E-state index contributed by atoms with van der Waals surface area (Å²) in [5.41, 5.74) is 4.28. The molecule has 0 atom stereocenters. The Morgan fingerprint density at radius 1 is 1.19 bits per heavy atom. The van der Waals surface area contributed by atoms with Crippen molar-refractivity contribution in [3.8, 4) is 0 Å². The van der Waals surface area contributed by atoms with Crippen molar-refractivity contribution >= 4 is 33.2 Å². The molecular formula is C18H15BrFN5O2. The number of benzene rings is 2. The van der Waals surface area contributed by atoms with Crippen LogP contribution in [-0.2, 0) is 12.8 Å². The maximum absolute atomic E-state index is 13.4. The van der Waals surface area contributed by atoms with Crippen molar-refractivity contribution in [1.82, 2.24) is 15.8 Å². The Morgan fingerprint density at radius 3 is 2.67 bits per heavy atom. The molecule has 0 aliphatic carbocycles. The van der Waals surface area contributed by atoms with E-state index in [9.17, 15) is 9.60 Å². The molecular weight excluding hydrogens is 417 g/mol. The maximum atomic E-state index is 13.4. The van der Waals surface area contributed by atoms with E-state index in [1.165, 1.54) is 18.2 Å². The zero-order valence-electron chi connectivity index (χ0n) is 14.0. The van der Waals surface area contributed by atoms with Gasteiger partial charge in [0, 0.05) is 18.6 Å². The minimum atomic E-state index is -0.425. The minimum Gasteiger partial charge on any atom is -0.309 e. The van der Waals surface area contributed by atoms with Crippen molar-refractivity contribution < 1.29 is 14.2 Å². The van der Waals surface area contributed by atoms with Crippen LogP contribution in [0, 0.1) is 11.2 Å². The monoisotopic (exact) mass is 431 g/mol. The lowest BCUT2D eigenvalue weighted by Crippen LogP contribution is -2.22. The predicted octanol–water partition coefficient (Wildman–Crippen LogP) is 3.83. The summed E-state index contributed by atoms with van der Waals surface area (Å²) in [7, 11) is 0. The van der Waals surface area contributed by atoms with Gasteiger partial charge in [-0.3, -0.25) is 10.7 Å². The second-order valence-corrected chi connectivity index (χ2v) is 6.53. The van der Waals surface area contributed by atoms with Crippen molar-refractivity contribution in [2.24, 2.45) is 4.99 Å². The average molecular weight is 432 g/mol. The highest BCUT2D eigenvalue weighted by atomic mass is 79.9. The van der Waals surface area contributed by atoms with Crippen molar-refractivity contribution in [3.05, 3.63) is 75.8 Å². The molecule has 0 bridgehead atoms. The summed E-state index contributed by atoms with van der Waals surface area (Å²) in [5.74, 6) is -0.442. The van der Waals surface area contributed by atoms with Gasteiger partial charge in [-0.15, -0.1) is 0 Å². The van der Waals surface area contributed by atoms with E-state index < -0.39 is 5.82 Å². The van der Waals surface area contributed by atoms with E-state index in [1.807, 2.05) is 35.8 Å². The van der Waals surface area contributed by atoms with Gasteiger partial charge < -0.3 is 5.41 Å². The molecule has 0 saturated carbocycles. The van der Waals surface area contributed by atoms with Crippen LogP contribution in [0.15, 0.2) is 62.6 Å². The van der Waals surface area contributed by atoms with Gasteiger partial charge >= 0.3 is 0 Å². The van der Waals surface area contributed by atoms with Gasteiger partial charge in [-0.05, 0) is 44.8 Å². The molecule has 1 aromatic heterocycles. The van der Waals surface area contributed by atoms with Crippen LogP contribution >= 0.6 is 15.9 Å². The largest absolute Gasteiger partial charge is 0.309 e. The lowest BCUT2D eigenvalue weighted by atomic mass is 10.0. The average Bonchev–Trinajstić information content (AvgIpc) is 3.11.